The van der Waals surface area contributed by atoms with Crippen molar-refractivity contribution >= 4 is 11.6 Å². The van der Waals surface area contributed by atoms with E-state index in [1.165, 1.54) is 18.4 Å². The van der Waals surface area contributed by atoms with Gasteiger partial charge in [0.15, 0.2) is 0 Å². The Morgan fingerprint density at radius 2 is 2.00 bits per heavy atom. The molecule has 0 radical (unpaired) electrons. The third-order valence-corrected chi connectivity index (χ3v) is 3.82. The Kier molecular flexibility index (Phi) is 3.54. The highest BCUT2D eigenvalue weighted by molar-refractivity contribution is 6.31. The summed E-state index contributed by atoms with van der Waals surface area (Å²) in [4.78, 5) is 4.34. The highest BCUT2D eigenvalue weighted by Gasteiger charge is 2.20. The van der Waals surface area contributed by atoms with Gasteiger partial charge in [-0.05, 0) is 49.1 Å². The van der Waals surface area contributed by atoms with Crippen LogP contribution < -0.4 is 5.32 Å². The maximum Gasteiger partial charge on any atom is 0.0451 e. The Bertz CT molecular complexity index is 574. The molecule has 19 heavy (non-hydrogen) atoms. The van der Waals surface area contributed by atoms with E-state index in [1.54, 1.807) is 0 Å². The van der Waals surface area contributed by atoms with Gasteiger partial charge in [-0.1, -0.05) is 23.7 Å². The average Bonchev–Trinajstić information content (AvgIpc) is 3.23. The summed E-state index contributed by atoms with van der Waals surface area (Å²) >= 11 is 6.26. The van der Waals surface area contributed by atoms with E-state index < -0.39 is 0 Å². The zero-order valence-electron chi connectivity index (χ0n) is 11.0. The number of benzene rings is 1. The van der Waals surface area contributed by atoms with Crippen molar-refractivity contribution in [2.45, 2.75) is 32.4 Å². The number of aryl methyl sites for hydroxylation is 1. The van der Waals surface area contributed by atoms with Gasteiger partial charge < -0.3 is 5.32 Å². The quantitative estimate of drug-likeness (QED) is 0.911. The minimum atomic E-state index is 0.695. The number of nitrogens with one attached hydrogen (secondary N) is 1. The van der Waals surface area contributed by atoms with Gasteiger partial charge in [0, 0.05) is 35.1 Å². The molecule has 1 heterocycles. The number of halogens is 1. The Morgan fingerprint density at radius 1 is 1.21 bits per heavy atom. The lowest BCUT2D eigenvalue weighted by molar-refractivity contribution is 0.688. The van der Waals surface area contributed by atoms with Crippen molar-refractivity contribution in [2.24, 2.45) is 0 Å². The number of hydrogen-bond donors (Lipinski definition) is 1. The van der Waals surface area contributed by atoms with E-state index in [0.717, 1.165) is 28.4 Å². The van der Waals surface area contributed by atoms with Crippen LogP contribution in [-0.4, -0.2) is 11.0 Å². The van der Waals surface area contributed by atoms with Gasteiger partial charge in [0.2, 0.25) is 0 Å². The van der Waals surface area contributed by atoms with Crippen LogP contribution in [0.15, 0.2) is 36.5 Å². The first kappa shape index (κ1) is 12.6. The molecule has 0 unspecified atom stereocenters. The molecule has 1 fully saturated rings. The standard InChI is InChI=1S/C16H17ClN2/c1-11-2-3-13(9-18-11)12-4-7-16(17)14(8-12)10-19-15-5-6-15/h2-4,7-9,15,19H,5-6,10H2,1H3. The third-order valence-electron chi connectivity index (χ3n) is 3.45. The molecule has 0 bridgehead atoms. The molecular formula is C16H17ClN2. The van der Waals surface area contributed by atoms with Crippen LogP contribution in [0.25, 0.3) is 11.1 Å². The molecule has 2 aromatic rings. The van der Waals surface area contributed by atoms with Crippen LogP contribution in [0.5, 0.6) is 0 Å². The van der Waals surface area contributed by atoms with Gasteiger partial charge in [0.05, 0.1) is 0 Å². The molecule has 0 atom stereocenters. The van der Waals surface area contributed by atoms with Crippen molar-refractivity contribution in [2.75, 3.05) is 0 Å². The van der Waals surface area contributed by atoms with Gasteiger partial charge in [-0.2, -0.15) is 0 Å². The Hall–Kier alpha value is -1.38. The first-order valence-electron chi connectivity index (χ1n) is 6.67. The second-order valence-corrected chi connectivity index (χ2v) is 5.56. The molecule has 1 aliphatic carbocycles. The van der Waals surface area contributed by atoms with Gasteiger partial charge in [-0.15, -0.1) is 0 Å². The summed E-state index contributed by atoms with van der Waals surface area (Å²) in [6.07, 6.45) is 4.50. The van der Waals surface area contributed by atoms with E-state index in [2.05, 4.69) is 28.5 Å². The normalized spacial score (nSPS) is 14.6. The fourth-order valence-corrected chi connectivity index (χ4v) is 2.25. The third kappa shape index (κ3) is 3.14. The van der Waals surface area contributed by atoms with Gasteiger partial charge in [-0.3, -0.25) is 4.98 Å². The Morgan fingerprint density at radius 3 is 2.68 bits per heavy atom. The number of rotatable bonds is 4. The van der Waals surface area contributed by atoms with Crippen molar-refractivity contribution in [3.05, 3.63) is 52.8 Å². The van der Waals surface area contributed by atoms with Crippen molar-refractivity contribution in [3.63, 3.8) is 0 Å². The largest absolute Gasteiger partial charge is 0.310 e. The lowest BCUT2D eigenvalue weighted by Crippen LogP contribution is -2.15. The number of pyridine rings is 1. The molecule has 3 heteroatoms. The maximum atomic E-state index is 6.26. The zero-order chi connectivity index (χ0) is 13.2. The predicted octanol–water partition coefficient (Wildman–Crippen LogP) is 3.96. The molecule has 0 saturated heterocycles. The molecule has 98 valence electrons. The van der Waals surface area contributed by atoms with Crippen LogP contribution in [-0.2, 0) is 6.54 Å². The lowest BCUT2D eigenvalue weighted by atomic mass is 10.0. The molecule has 1 N–H and O–H groups in total. The smallest absolute Gasteiger partial charge is 0.0451 e. The minimum absolute atomic E-state index is 0.695. The van der Waals surface area contributed by atoms with Crippen molar-refractivity contribution in [1.82, 2.24) is 10.3 Å². The van der Waals surface area contributed by atoms with Crippen LogP contribution in [0.2, 0.25) is 5.02 Å². The fourth-order valence-electron chi connectivity index (χ4n) is 2.07. The van der Waals surface area contributed by atoms with Crippen LogP contribution in [0.4, 0.5) is 0 Å². The van der Waals surface area contributed by atoms with Gasteiger partial charge in [-0.25, -0.2) is 0 Å². The number of hydrogen-bond acceptors (Lipinski definition) is 2. The van der Waals surface area contributed by atoms with E-state index in [0.29, 0.717) is 6.04 Å². The summed E-state index contributed by atoms with van der Waals surface area (Å²) in [7, 11) is 0. The molecule has 0 aliphatic heterocycles. The van der Waals surface area contributed by atoms with E-state index in [1.807, 2.05) is 25.3 Å². The van der Waals surface area contributed by atoms with Gasteiger partial charge in [0.1, 0.15) is 0 Å². The topological polar surface area (TPSA) is 24.9 Å². The van der Waals surface area contributed by atoms with Gasteiger partial charge in [0.25, 0.3) is 0 Å². The summed E-state index contributed by atoms with van der Waals surface area (Å²) in [5.41, 5.74) is 4.50. The molecule has 2 nitrogen and oxygen atoms in total. The average molecular weight is 273 g/mol. The van der Waals surface area contributed by atoms with Crippen molar-refractivity contribution in [1.29, 1.82) is 0 Å². The van der Waals surface area contributed by atoms with Crippen LogP contribution in [0.3, 0.4) is 0 Å². The van der Waals surface area contributed by atoms with E-state index in [-0.39, 0.29) is 0 Å². The van der Waals surface area contributed by atoms with E-state index >= 15 is 0 Å². The number of nitrogens with zero attached hydrogens (tertiary/aromatic N) is 1. The SMILES string of the molecule is Cc1ccc(-c2ccc(Cl)c(CNC3CC3)c2)cn1. The monoisotopic (exact) mass is 272 g/mol. The van der Waals surface area contributed by atoms with Crippen molar-refractivity contribution in [3.8, 4) is 11.1 Å². The van der Waals surface area contributed by atoms with Crippen LogP contribution >= 0.6 is 11.6 Å². The summed E-state index contributed by atoms with van der Waals surface area (Å²) in [5.74, 6) is 0. The van der Waals surface area contributed by atoms with E-state index in [9.17, 15) is 0 Å². The van der Waals surface area contributed by atoms with Crippen LogP contribution in [0.1, 0.15) is 24.1 Å². The first-order valence-corrected chi connectivity index (χ1v) is 7.05. The Labute approximate surface area is 118 Å². The molecule has 1 aromatic carbocycles. The summed E-state index contributed by atoms with van der Waals surface area (Å²) < 4.78 is 0. The predicted molar refractivity (Wildman–Crippen MR) is 79.3 cm³/mol. The highest BCUT2D eigenvalue weighted by atomic mass is 35.5. The molecule has 1 saturated carbocycles. The second kappa shape index (κ2) is 5.32. The lowest BCUT2D eigenvalue weighted by Gasteiger charge is -2.09. The highest BCUT2D eigenvalue weighted by Crippen LogP contribution is 2.26. The fraction of sp³-hybridized carbons (Fsp3) is 0.312. The number of aromatic nitrogens is 1. The Balaban J connectivity index is 1.84. The minimum Gasteiger partial charge on any atom is -0.310 e. The summed E-state index contributed by atoms with van der Waals surface area (Å²) in [6, 6.07) is 11.0. The maximum absolute atomic E-state index is 6.26. The summed E-state index contributed by atoms with van der Waals surface area (Å²) in [5, 5.41) is 4.33. The molecule has 1 aliphatic rings. The van der Waals surface area contributed by atoms with E-state index in [4.69, 9.17) is 11.6 Å². The molecule has 0 amide bonds. The second-order valence-electron chi connectivity index (χ2n) is 5.15. The molecular weight excluding hydrogens is 256 g/mol. The molecule has 3 rings (SSSR count). The first-order chi connectivity index (χ1) is 9.22. The van der Waals surface area contributed by atoms with Gasteiger partial charge >= 0.3 is 0 Å². The molecule has 0 spiro atoms. The zero-order valence-corrected chi connectivity index (χ0v) is 11.7. The van der Waals surface area contributed by atoms with Crippen molar-refractivity contribution < 1.29 is 0 Å². The van der Waals surface area contributed by atoms with Crippen LogP contribution in [0, 0.1) is 6.92 Å². The summed E-state index contributed by atoms with van der Waals surface area (Å²) in [6.45, 7) is 2.84. The molecule has 1 aromatic heterocycles.